The Hall–Kier alpha value is -1.35. The monoisotopic (exact) mass is 165 g/mol. The number of halogens is 1. The molecule has 2 N–H and O–H groups in total. The zero-order chi connectivity index (χ0) is 8.55. The molecule has 0 aliphatic rings. The highest BCUT2D eigenvalue weighted by Crippen LogP contribution is 2.21. The summed E-state index contributed by atoms with van der Waals surface area (Å²) in [5.74, 6) is -0.272. The van der Waals surface area contributed by atoms with Gasteiger partial charge in [-0.05, 0) is 18.2 Å². The molecule has 0 amide bonds. The van der Waals surface area contributed by atoms with Crippen molar-refractivity contribution in [3.05, 3.63) is 35.8 Å². The average molecular weight is 165 g/mol. The first-order valence-electron chi connectivity index (χ1n) is 3.67. The SMILES string of the molecule is NCc1c(F)ccc2occc12. The van der Waals surface area contributed by atoms with E-state index in [0.29, 0.717) is 11.1 Å². The van der Waals surface area contributed by atoms with Crippen LogP contribution in [0.5, 0.6) is 0 Å². The summed E-state index contributed by atoms with van der Waals surface area (Å²) >= 11 is 0. The van der Waals surface area contributed by atoms with E-state index in [-0.39, 0.29) is 12.4 Å². The second-order valence-corrected chi connectivity index (χ2v) is 2.56. The molecule has 0 aliphatic carbocycles. The van der Waals surface area contributed by atoms with Gasteiger partial charge in [0, 0.05) is 17.5 Å². The average Bonchev–Trinajstić information content (AvgIpc) is 2.52. The molecule has 0 saturated carbocycles. The molecule has 3 heteroatoms. The molecule has 0 spiro atoms. The van der Waals surface area contributed by atoms with E-state index in [4.69, 9.17) is 10.2 Å². The first-order chi connectivity index (χ1) is 5.83. The van der Waals surface area contributed by atoms with Crippen molar-refractivity contribution in [2.24, 2.45) is 5.73 Å². The summed E-state index contributed by atoms with van der Waals surface area (Å²) in [6.45, 7) is 0.197. The van der Waals surface area contributed by atoms with E-state index in [2.05, 4.69) is 0 Å². The lowest BCUT2D eigenvalue weighted by Crippen LogP contribution is -1.99. The van der Waals surface area contributed by atoms with E-state index in [1.807, 2.05) is 0 Å². The molecule has 0 fully saturated rings. The van der Waals surface area contributed by atoms with E-state index < -0.39 is 0 Å². The van der Waals surface area contributed by atoms with Crippen molar-refractivity contribution in [3.8, 4) is 0 Å². The van der Waals surface area contributed by atoms with Gasteiger partial charge in [-0.15, -0.1) is 0 Å². The molecule has 0 radical (unpaired) electrons. The van der Waals surface area contributed by atoms with Gasteiger partial charge in [-0.25, -0.2) is 4.39 Å². The molecular formula is C9H8FNO. The Morgan fingerprint density at radius 1 is 1.33 bits per heavy atom. The van der Waals surface area contributed by atoms with Gasteiger partial charge < -0.3 is 10.2 Å². The van der Waals surface area contributed by atoms with Crippen LogP contribution in [0.3, 0.4) is 0 Å². The van der Waals surface area contributed by atoms with Gasteiger partial charge in [0.05, 0.1) is 6.26 Å². The lowest BCUT2D eigenvalue weighted by Gasteiger charge is -1.99. The first kappa shape index (κ1) is 7.31. The van der Waals surface area contributed by atoms with Crippen LogP contribution in [-0.2, 0) is 6.54 Å². The van der Waals surface area contributed by atoms with E-state index in [1.165, 1.54) is 12.3 Å². The van der Waals surface area contributed by atoms with Gasteiger partial charge in [0.2, 0.25) is 0 Å². The van der Waals surface area contributed by atoms with Crippen LogP contribution in [-0.4, -0.2) is 0 Å². The predicted octanol–water partition coefficient (Wildman–Crippen LogP) is 2.03. The van der Waals surface area contributed by atoms with Crippen LogP contribution in [0.2, 0.25) is 0 Å². The molecule has 0 aliphatic heterocycles. The molecule has 0 bridgehead atoms. The maximum Gasteiger partial charge on any atom is 0.134 e. The van der Waals surface area contributed by atoms with Crippen molar-refractivity contribution in [3.63, 3.8) is 0 Å². The van der Waals surface area contributed by atoms with Crippen molar-refractivity contribution >= 4 is 11.0 Å². The maximum atomic E-state index is 13.1. The number of benzene rings is 1. The normalized spacial score (nSPS) is 10.8. The quantitative estimate of drug-likeness (QED) is 0.702. The van der Waals surface area contributed by atoms with Crippen LogP contribution < -0.4 is 5.73 Å². The van der Waals surface area contributed by atoms with Crippen LogP contribution in [0.4, 0.5) is 4.39 Å². The summed E-state index contributed by atoms with van der Waals surface area (Å²) in [5, 5.41) is 0.762. The molecular weight excluding hydrogens is 157 g/mol. The van der Waals surface area contributed by atoms with Crippen LogP contribution in [0.1, 0.15) is 5.56 Å². The highest BCUT2D eigenvalue weighted by molar-refractivity contribution is 5.81. The van der Waals surface area contributed by atoms with E-state index in [9.17, 15) is 4.39 Å². The predicted molar refractivity (Wildman–Crippen MR) is 44.1 cm³/mol. The topological polar surface area (TPSA) is 39.2 Å². The highest BCUT2D eigenvalue weighted by atomic mass is 19.1. The standard InChI is InChI=1S/C9H8FNO/c10-8-1-2-9-6(3-4-12-9)7(8)5-11/h1-4H,5,11H2. The van der Waals surface area contributed by atoms with Gasteiger partial charge in [0.25, 0.3) is 0 Å². The number of hydrogen-bond acceptors (Lipinski definition) is 2. The largest absolute Gasteiger partial charge is 0.464 e. The van der Waals surface area contributed by atoms with Crippen molar-refractivity contribution in [1.29, 1.82) is 0 Å². The zero-order valence-electron chi connectivity index (χ0n) is 6.38. The summed E-state index contributed by atoms with van der Waals surface area (Å²) < 4.78 is 18.2. The van der Waals surface area contributed by atoms with Crippen molar-refractivity contribution < 1.29 is 8.81 Å². The smallest absolute Gasteiger partial charge is 0.134 e. The van der Waals surface area contributed by atoms with Gasteiger partial charge >= 0.3 is 0 Å². The molecule has 2 nitrogen and oxygen atoms in total. The Labute approximate surface area is 68.8 Å². The fourth-order valence-electron chi connectivity index (χ4n) is 1.28. The molecule has 1 heterocycles. The van der Waals surface area contributed by atoms with Crippen LogP contribution in [0, 0.1) is 5.82 Å². The number of hydrogen-bond donors (Lipinski definition) is 1. The second-order valence-electron chi connectivity index (χ2n) is 2.56. The third-order valence-corrected chi connectivity index (χ3v) is 1.89. The fraction of sp³-hybridized carbons (Fsp3) is 0.111. The third kappa shape index (κ3) is 0.905. The van der Waals surface area contributed by atoms with Crippen molar-refractivity contribution in [2.45, 2.75) is 6.54 Å². The zero-order valence-corrected chi connectivity index (χ0v) is 6.38. The minimum absolute atomic E-state index is 0.197. The fourth-order valence-corrected chi connectivity index (χ4v) is 1.28. The van der Waals surface area contributed by atoms with Gasteiger partial charge in [0.15, 0.2) is 0 Å². The molecule has 1 aromatic heterocycles. The summed E-state index contributed by atoms with van der Waals surface area (Å²) in [6, 6.07) is 4.69. The van der Waals surface area contributed by atoms with E-state index in [1.54, 1.807) is 12.1 Å². The Kier molecular flexibility index (Phi) is 1.59. The molecule has 2 aromatic rings. The number of fused-ring (bicyclic) bond motifs is 1. The minimum Gasteiger partial charge on any atom is -0.464 e. The number of rotatable bonds is 1. The molecule has 62 valence electrons. The summed E-state index contributed by atoms with van der Waals surface area (Å²) in [6.07, 6.45) is 1.53. The molecule has 1 aromatic carbocycles. The van der Waals surface area contributed by atoms with Crippen molar-refractivity contribution in [1.82, 2.24) is 0 Å². The van der Waals surface area contributed by atoms with Gasteiger partial charge in [0.1, 0.15) is 11.4 Å². The molecule has 2 rings (SSSR count). The summed E-state index contributed by atoms with van der Waals surface area (Å²) in [7, 11) is 0. The van der Waals surface area contributed by atoms with Crippen molar-refractivity contribution in [2.75, 3.05) is 0 Å². The Morgan fingerprint density at radius 2 is 2.17 bits per heavy atom. The van der Waals surface area contributed by atoms with Crippen LogP contribution in [0.25, 0.3) is 11.0 Å². The van der Waals surface area contributed by atoms with E-state index >= 15 is 0 Å². The summed E-state index contributed by atoms with van der Waals surface area (Å²) in [5.41, 5.74) is 6.59. The van der Waals surface area contributed by atoms with Gasteiger partial charge in [-0.1, -0.05) is 0 Å². The molecule has 0 unspecified atom stereocenters. The lowest BCUT2D eigenvalue weighted by molar-refractivity contribution is 0.602. The lowest BCUT2D eigenvalue weighted by atomic mass is 10.1. The third-order valence-electron chi connectivity index (χ3n) is 1.89. The number of nitrogens with two attached hydrogens (primary N) is 1. The molecule has 0 saturated heterocycles. The van der Waals surface area contributed by atoms with Gasteiger partial charge in [-0.3, -0.25) is 0 Å². The van der Waals surface area contributed by atoms with E-state index in [0.717, 1.165) is 5.39 Å². The molecule has 12 heavy (non-hydrogen) atoms. The number of furan rings is 1. The molecule has 0 atom stereocenters. The van der Waals surface area contributed by atoms with Crippen LogP contribution >= 0.6 is 0 Å². The van der Waals surface area contributed by atoms with Gasteiger partial charge in [-0.2, -0.15) is 0 Å². The second kappa shape index (κ2) is 2.60. The Morgan fingerprint density at radius 3 is 2.92 bits per heavy atom. The Balaban J connectivity index is 2.83. The van der Waals surface area contributed by atoms with Crippen LogP contribution in [0.15, 0.2) is 28.9 Å². The minimum atomic E-state index is -0.272. The summed E-state index contributed by atoms with van der Waals surface area (Å²) in [4.78, 5) is 0. The first-order valence-corrected chi connectivity index (χ1v) is 3.67. The highest BCUT2D eigenvalue weighted by Gasteiger charge is 2.06. The Bertz CT molecular complexity index is 408. The maximum absolute atomic E-state index is 13.1.